The number of carbonyl (C=O) groups excluding carboxylic acids is 1. The Balaban J connectivity index is 1.98. The summed E-state index contributed by atoms with van der Waals surface area (Å²) in [5.74, 6) is -3.31. The van der Waals surface area contributed by atoms with Gasteiger partial charge in [-0.05, 0) is 19.9 Å². The maximum Gasteiger partial charge on any atom is 0.279 e. The van der Waals surface area contributed by atoms with Crippen LogP contribution >= 0.6 is 0 Å². The van der Waals surface area contributed by atoms with E-state index in [1.165, 1.54) is 27.4 Å². The minimum absolute atomic E-state index is 0.0275. The molecule has 2 aromatic heterocycles. The number of carbonyl (C=O) groups is 1. The van der Waals surface area contributed by atoms with Crippen LogP contribution in [0.15, 0.2) is 46.4 Å². The second-order valence-electron chi connectivity index (χ2n) is 6.50. The Labute approximate surface area is 157 Å². The average molecular weight is 389 g/mol. The molecule has 1 amide bonds. The summed E-state index contributed by atoms with van der Waals surface area (Å²) in [4.78, 5) is 37.2. The van der Waals surface area contributed by atoms with Crippen molar-refractivity contribution >= 4 is 11.4 Å². The first-order chi connectivity index (χ1) is 13.2. The molecule has 28 heavy (non-hydrogen) atoms. The summed E-state index contributed by atoms with van der Waals surface area (Å²) in [5.41, 5.74) is -2.23. The number of benzene rings is 1. The van der Waals surface area contributed by atoms with Crippen molar-refractivity contribution in [3.63, 3.8) is 0 Å². The molecule has 0 atom stereocenters. The molecule has 0 radical (unpaired) electrons. The quantitative estimate of drug-likeness (QED) is 0.713. The molecule has 0 bridgehead atoms. The predicted molar refractivity (Wildman–Crippen MR) is 97.5 cm³/mol. The van der Waals surface area contributed by atoms with E-state index >= 15 is 0 Å². The van der Waals surface area contributed by atoms with E-state index in [-0.39, 0.29) is 23.7 Å². The number of nitrogens with zero attached hydrogens (tertiary/aromatic N) is 2. The number of rotatable bonds is 4. The number of aromatic hydroxyl groups is 1. The van der Waals surface area contributed by atoms with Crippen LogP contribution in [0.25, 0.3) is 5.52 Å². The Morgan fingerprint density at radius 3 is 2.57 bits per heavy atom. The van der Waals surface area contributed by atoms with Crippen molar-refractivity contribution < 1.29 is 18.7 Å². The van der Waals surface area contributed by atoms with Gasteiger partial charge in [0.05, 0.1) is 0 Å². The van der Waals surface area contributed by atoms with Crippen LogP contribution in [0.3, 0.4) is 0 Å². The summed E-state index contributed by atoms with van der Waals surface area (Å²) in [7, 11) is 0. The van der Waals surface area contributed by atoms with E-state index in [2.05, 4.69) is 5.32 Å². The number of pyridine rings is 1. The fourth-order valence-electron chi connectivity index (χ4n) is 2.79. The third-order valence-electron chi connectivity index (χ3n) is 4.29. The fraction of sp³-hybridized carbons (Fsp3) is 0.211. The van der Waals surface area contributed by atoms with Crippen LogP contribution in [-0.4, -0.2) is 20.0 Å². The fourth-order valence-corrected chi connectivity index (χ4v) is 2.79. The molecule has 2 N–H and O–H groups in total. The van der Waals surface area contributed by atoms with Crippen molar-refractivity contribution in [2.45, 2.75) is 26.4 Å². The first-order valence-electron chi connectivity index (χ1n) is 8.42. The lowest BCUT2D eigenvalue weighted by molar-refractivity contribution is 0.0948. The average Bonchev–Trinajstić information content (AvgIpc) is 2.63. The summed E-state index contributed by atoms with van der Waals surface area (Å²) in [5, 5.41) is 12.5. The summed E-state index contributed by atoms with van der Waals surface area (Å²) in [6.07, 6.45) is 4.03. The molecule has 1 aromatic carbocycles. The van der Waals surface area contributed by atoms with E-state index in [1.54, 1.807) is 13.8 Å². The maximum atomic E-state index is 13.7. The lowest BCUT2D eigenvalue weighted by atomic mass is 10.2. The SMILES string of the molecule is CC(C)n1ccn2cc(C(=O)NCc3ccc(F)cc3F)c(=O)c(O)c2c1=O. The zero-order valence-corrected chi connectivity index (χ0v) is 15.1. The van der Waals surface area contributed by atoms with Crippen LogP contribution in [0.1, 0.15) is 35.8 Å². The van der Waals surface area contributed by atoms with Crippen molar-refractivity contribution in [1.29, 1.82) is 0 Å². The molecule has 0 aliphatic heterocycles. The van der Waals surface area contributed by atoms with Gasteiger partial charge in [0, 0.05) is 42.8 Å². The zero-order chi connectivity index (χ0) is 20.6. The molecule has 0 saturated carbocycles. The molecule has 3 aromatic rings. The molecule has 0 unspecified atom stereocenters. The van der Waals surface area contributed by atoms with Crippen molar-refractivity contribution in [2.24, 2.45) is 0 Å². The lowest BCUT2D eigenvalue weighted by Crippen LogP contribution is -2.31. The second kappa shape index (κ2) is 7.26. The van der Waals surface area contributed by atoms with Crippen LogP contribution in [-0.2, 0) is 6.54 Å². The number of fused-ring (bicyclic) bond motifs is 1. The van der Waals surface area contributed by atoms with Gasteiger partial charge in [-0.25, -0.2) is 8.78 Å². The van der Waals surface area contributed by atoms with Gasteiger partial charge in [0.25, 0.3) is 11.5 Å². The topological polar surface area (TPSA) is 92.8 Å². The highest BCUT2D eigenvalue weighted by Gasteiger charge is 2.19. The third-order valence-corrected chi connectivity index (χ3v) is 4.29. The molecular formula is C19H17F2N3O4. The van der Waals surface area contributed by atoms with Gasteiger partial charge < -0.3 is 19.4 Å². The van der Waals surface area contributed by atoms with Crippen LogP contribution in [0.2, 0.25) is 0 Å². The number of halogens is 2. The van der Waals surface area contributed by atoms with E-state index in [9.17, 15) is 28.3 Å². The summed E-state index contributed by atoms with van der Waals surface area (Å²) in [6, 6.07) is 2.70. The van der Waals surface area contributed by atoms with Gasteiger partial charge in [0.1, 0.15) is 17.2 Å². The van der Waals surface area contributed by atoms with Crippen molar-refractivity contribution in [2.75, 3.05) is 0 Å². The highest BCUT2D eigenvalue weighted by atomic mass is 19.1. The Morgan fingerprint density at radius 2 is 1.93 bits per heavy atom. The molecule has 146 valence electrons. The van der Waals surface area contributed by atoms with E-state index in [4.69, 9.17) is 0 Å². The highest BCUT2D eigenvalue weighted by molar-refractivity contribution is 5.94. The molecule has 9 heteroatoms. The third kappa shape index (κ3) is 3.38. The van der Waals surface area contributed by atoms with Crippen molar-refractivity contribution in [1.82, 2.24) is 14.3 Å². The molecule has 0 fully saturated rings. The van der Waals surface area contributed by atoms with Crippen LogP contribution in [0.5, 0.6) is 5.75 Å². The van der Waals surface area contributed by atoms with Crippen LogP contribution in [0.4, 0.5) is 8.78 Å². The molecule has 3 rings (SSSR count). The number of aromatic nitrogens is 2. The first-order valence-corrected chi connectivity index (χ1v) is 8.42. The van der Waals surface area contributed by atoms with Crippen molar-refractivity contribution in [3.05, 3.63) is 80.1 Å². The normalized spacial score (nSPS) is 11.2. The summed E-state index contributed by atoms with van der Waals surface area (Å²) >= 11 is 0. The van der Waals surface area contributed by atoms with Crippen LogP contribution in [0, 0.1) is 11.6 Å². The minimum atomic E-state index is -1.02. The molecule has 7 nitrogen and oxygen atoms in total. The molecular weight excluding hydrogens is 372 g/mol. The first kappa shape index (κ1) is 19.3. The predicted octanol–water partition coefficient (Wildman–Crippen LogP) is 1.96. The van der Waals surface area contributed by atoms with Gasteiger partial charge in [0.2, 0.25) is 5.43 Å². The Hall–Kier alpha value is -3.49. The standard InChI is InChI=1S/C19H17F2N3O4/c1-10(2)24-6-5-23-9-13(16(25)17(26)15(23)19(24)28)18(27)22-8-11-3-4-12(20)7-14(11)21/h3-7,9-10,26H,8H2,1-2H3,(H,22,27). The summed E-state index contributed by atoms with van der Waals surface area (Å²) < 4.78 is 29.1. The lowest BCUT2D eigenvalue weighted by Gasteiger charge is -2.13. The number of nitrogens with one attached hydrogen (secondary N) is 1. The smallest absolute Gasteiger partial charge is 0.279 e. The van der Waals surface area contributed by atoms with Gasteiger partial charge in [-0.2, -0.15) is 0 Å². The van der Waals surface area contributed by atoms with E-state index in [1.807, 2.05) is 0 Å². The minimum Gasteiger partial charge on any atom is -0.503 e. The number of hydrogen-bond donors (Lipinski definition) is 2. The highest BCUT2D eigenvalue weighted by Crippen LogP contribution is 2.13. The Bertz CT molecular complexity index is 1200. The van der Waals surface area contributed by atoms with Gasteiger partial charge in [0.15, 0.2) is 11.3 Å². The molecule has 0 spiro atoms. The Morgan fingerprint density at radius 1 is 1.21 bits per heavy atom. The number of amides is 1. The molecule has 2 heterocycles. The summed E-state index contributed by atoms with van der Waals surface area (Å²) in [6.45, 7) is 3.25. The van der Waals surface area contributed by atoms with Crippen molar-refractivity contribution in [3.8, 4) is 5.75 Å². The molecule has 0 saturated heterocycles. The monoisotopic (exact) mass is 389 g/mol. The van der Waals surface area contributed by atoms with Crippen LogP contribution < -0.4 is 16.3 Å². The van der Waals surface area contributed by atoms with Gasteiger partial charge >= 0.3 is 0 Å². The molecule has 0 aliphatic carbocycles. The molecule has 0 aliphatic rings. The maximum absolute atomic E-state index is 13.7. The zero-order valence-electron chi connectivity index (χ0n) is 15.1. The van der Waals surface area contributed by atoms with Gasteiger partial charge in [-0.3, -0.25) is 14.4 Å². The largest absolute Gasteiger partial charge is 0.503 e. The Kier molecular flexibility index (Phi) is 5.00. The number of hydrogen-bond acceptors (Lipinski definition) is 4. The van der Waals surface area contributed by atoms with Gasteiger partial charge in [-0.15, -0.1) is 0 Å². The second-order valence-corrected chi connectivity index (χ2v) is 6.50. The van der Waals surface area contributed by atoms with Gasteiger partial charge in [-0.1, -0.05) is 6.07 Å². The van der Waals surface area contributed by atoms with E-state index in [0.717, 1.165) is 12.3 Å². The van der Waals surface area contributed by atoms with E-state index in [0.29, 0.717) is 6.07 Å². The van der Waals surface area contributed by atoms with E-state index < -0.39 is 39.8 Å².